The van der Waals surface area contributed by atoms with E-state index in [1.54, 1.807) is 0 Å². The van der Waals surface area contributed by atoms with Crippen molar-refractivity contribution in [3.05, 3.63) is 41.9 Å². The minimum Gasteiger partial charge on any atom is -0.341 e. The Morgan fingerprint density at radius 3 is 2.79 bits per heavy atom. The summed E-state index contributed by atoms with van der Waals surface area (Å²) in [5, 5.41) is 3.50. The number of piperazine rings is 1. The van der Waals surface area contributed by atoms with Crippen molar-refractivity contribution in [3.63, 3.8) is 0 Å². The zero-order valence-corrected chi connectivity index (χ0v) is 11.5. The van der Waals surface area contributed by atoms with Crippen molar-refractivity contribution in [3.8, 4) is 11.3 Å². The SMILES string of the molecule is Cc1ccc(-c2cnc(C3CN(C)CCN3)[nH]2)cc1. The van der Waals surface area contributed by atoms with Gasteiger partial charge in [-0.15, -0.1) is 0 Å². The normalized spacial score (nSPS) is 20.6. The Morgan fingerprint density at radius 1 is 1.26 bits per heavy atom. The second-order valence-electron chi connectivity index (χ2n) is 5.32. The molecule has 2 N–H and O–H groups in total. The third-order valence-electron chi connectivity index (χ3n) is 3.67. The van der Waals surface area contributed by atoms with Gasteiger partial charge in [0, 0.05) is 19.6 Å². The Bertz CT molecular complexity index is 544. The molecule has 1 aromatic carbocycles. The topological polar surface area (TPSA) is 44.0 Å². The lowest BCUT2D eigenvalue weighted by molar-refractivity contribution is 0.236. The van der Waals surface area contributed by atoms with Crippen LogP contribution >= 0.6 is 0 Å². The maximum Gasteiger partial charge on any atom is 0.125 e. The summed E-state index contributed by atoms with van der Waals surface area (Å²) in [6.07, 6.45) is 1.93. The molecule has 0 aliphatic carbocycles. The number of H-pyrrole nitrogens is 1. The molecule has 1 aliphatic heterocycles. The van der Waals surface area contributed by atoms with Gasteiger partial charge in [-0.1, -0.05) is 29.8 Å². The molecular formula is C15H20N4. The molecule has 0 spiro atoms. The van der Waals surface area contributed by atoms with Crippen LogP contribution in [-0.4, -0.2) is 41.5 Å². The van der Waals surface area contributed by atoms with E-state index in [1.165, 1.54) is 11.1 Å². The summed E-state index contributed by atoms with van der Waals surface area (Å²) in [6, 6.07) is 8.82. The first kappa shape index (κ1) is 12.4. The lowest BCUT2D eigenvalue weighted by Gasteiger charge is -2.29. The van der Waals surface area contributed by atoms with Crippen LogP contribution in [0.2, 0.25) is 0 Å². The number of imidazole rings is 1. The van der Waals surface area contributed by atoms with E-state index in [2.05, 4.69) is 58.4 Å². The van der Waals surface area contributed by atoms with Crippen molar-refractivity contribution in [2.75, 3.05) is 26.7 Å². The van der Waals surface area contributed by atoms with Crippen LogP contribution in [0.1, 0.15) is 17.4 Å². The van der Waals surface area contributed by atoms with E-state index >= 15 is 0 Å². The van der Waals surface area contributed by atoms with Crippen LogP contribution in [-0.2, 0) is 0 Å². The van der Waals surface area contributed by atoms with E-state index in [-0.39, 0.29) is 0 Å². The summed E-state index contributed by atoms with van der Waals surface area (Å²) < 4.78 is 0. The monoisotopic (exact) mass is 256 g/mol. The highest BCUT2D eigenvalue weighted by molar-refractivity contribution is 5.58. The molecule has 1 unspecified atom stereocenters. The molecule has 3 rings (SSSR count). The van der Waals surface area contributed by atoms with Crippen molar-refractivity contribution < 1.29 is 0 Å². The van der Waals surface area contributed by atoms with Gasteiger partial charge in [0.1, 0.15) is 5.82 Å². The zero-order valence-electron chi connectivity index (χ0n) is 11.5. The van der Waals surface area contributed by atoms with Gasteiger partial charge in [0.15, 0.2) is 0 Å². The fourth-order valence-electron chi connectivity index (χ4n) is 2.47. The molecule has 0 saturated carbocycles. The lowest BCUT2D eigenvalue weighted by atomic mass is 10.1. The molecule has 0 radical (unpaired) electrons. The van der Waals surface area contributed by atoms with E-state index in [4.69, 9.17) is 0 Å². The van der Waals surface area contributed by atoms with Gasteiger partial charge in [0.05, 0.1) is 17.9 Å². The Hall–Kier alpha value is -1.65. The van der Waals surface area contributed by atoms with Crippen LogP contribution in [0, 0.1) is 6.92 Å². The van der Waals surface area contributed by atoms with E-state index in [9.17, 15) is 0 Å². The molecule has 2 heterocycles. The first-order valence-electron chi connectivity index (χ1n) is 6.76. The van der Waals surface area contributed by atoms with Crippen LogP contribution in [0.5, 0.6) is 0 Å². The first-order valence-corrected chi connectivity index (χ1v) is 6.76. The van der Waals surface area contributed by atoms with Gasteiger partial charge in [-0.05, 0) is 19.5 Å². The van der Waals surface area contributed by atoms with E-state index in [0.29, 0.717) is 6.04 Å². The van der Waals surface area contributed by atoms with Gasteiger partial charge >= 0.3 is 0 Å². The fraction of sp³-hybridized carbons (Fsp3) is 0.400. The number of aromatic nitrogens is 2. The fourth-order valence-corrected chi connectivity index (χ4v) is 2.47. The molecule has 100 valence electrons. The van der Waals surface area contributed by atoms with E-state index in [0.717, 1.165) is 31.2 Å². The van der Waals surface area contributed by atoms with Crippen molar-refractivity contribution in [1.82, 2.24) is 20.2 Å². The van der Waals surface area contributed by atoms with Crippen LogP contribution in [0.25, 0.3) is 11.3 Å². The largest absolute Gasteiger partial charge is 0.341 e. The minimum atomic E-state index is 0.304. The maximum absolute atomic E-state index is 4.53. The molecule has 2 aromatic rings. The number of nitrogens with zero attached hydrogens (tertiary/aromatic N) is 2. The van der Waals surface area contributed by atoms with Gasteiger partial charge in [-0.25, -0.2) is 4.98 Å². The van der Waals surface area contributed by atoms with Gasteiger partial charge in [-0.2, -0.15) is 0 Å². The van der Waals surface area contributed by atoms with Crippen molar-refractivity contribution in [2.24, 2.45) is 0 Å². The predicted octanol–water partition coefficient (Wildman–Crippen LogP) is 1.96. The van der Waals surface area contributed by atoms with Crippen LogP contribution in [0.15, 0.2) is 30.5 Å². The summed E-state index contributed by atoms with van der Waals surface area (Å²) in [6.45, 7) is 5.22. The van der Waals surface area contributed by atoms with Crippen LogP contribution < -0.4 is 5.32 Å². The van der Waals surface area contributed by atoms with Gasteiger partial charge in [0.2, 0.25) is 0 Å². The average Bonchev–Trinajstić information content (AvgIpc) is 2.89. The third kappa shape index (κ3) is 2.69. The van der Waals surface area contributed by atoms with Crippen molar-refractivity contribution in [1.29, 1.82) is 0 Å². The molecule has 4 nitrogen and oxygen atoms in total. The number of hydrogen-bond acceptors (Lipinski definition) is 3. The summed E-state index contributed by atoms with van der Waals surface area (Å²) >= 11 is 0. The van der Waals surface area contributed by atoms with Crippen molar-refractivity contribution in [2.45, 2.75) is 13.0 Å². The molecule has 1 aromatic heterocycles. The molecule has 1 fully saturated rings. The van der Waals surface area contributed by atoms with Crippen molar-refractivity contribution >= 4 is 0 Å². The number of likely N-dealkylation sites (N-methyl/N-ethyl adjacent to an activating group) is 1. The molecule has 1 saturated heterocycles. The lowest BCUT2D eigenvalue weighted by Crippen LogP contribution is -2.44. The zero-order chi connectivity index (χ0) is 13.2. The Balaban J connectivity index is 1.81. The Morgan fingerprint density at radius 2 is 2.05 bits per heavy atom. The maximum atomic E-state index is 4.53. The summed E-state index contributed by atoms with van der Waals surface area (Å²) in [4.78, 5) is 10.3. The van der Waals surface area contributed by atoms with E-state index < -0.39 is 0 Å². The molecular weight excluding hydrogens is 236 g/mol. The van der Waals surface area contributed by atoms with E-state index in [1.807, 2.05) is 6.20 Å². The van der Waals surface area contributed by atoms with Gasteiger partial charge < -0.3 is 15.2 Å². The second kappa shape index (κ2) is 5.15. The third-order valence-corrected chi connectivity index (χ3v) is 3.67. The highest BCUT2D eigenvalue weighted by Crippen LogP contribution is 2.20. The highest BCUT2D eigenvalue weighted by Gasteiger charge is 2.20. The molecule has 19 heavy (non-hydrogen) atoms. The molecule has 0 amide bonds. The number of aromatic amines is 1. The van der Waals surface area contributed by atoms with Gasteiger partial charge in [0.25, 0.3) is 0 Å². The number of aryl methyl sites for hydroxylation is 1. The number of benzene rings is 1. The number of rotatable bonds is 2. The molecule has 1 atom stereocenters. The molecule has 1 aliphatic rings. The Labute approximate surface area is 113 Å². The average molecular weight is 256 g/mol. The second-order valence-corrected chi connectivity index (χ2v) is 5.32. The first-order chi connectivity index (χ1) is 9.22. The smallest absolute Gasteiger partial charge is 0.125 e. The number of nitrogens with one attached hydrogen (secondary N) is 2. The summed E-state index contributed by atoms with van der Waals surface area (Å²) in [5.74, 6) is 1.03. The highest BCUT2D eigenvalue weighted by atomic mass is 15.2. The number of hydrogen-bond donors (Lipinski definition) is 2. The summed E-state index contributed by atoms with van der Waals surface area (Å²) in [5.41, 5.74) is 3.55. The quantitative estimate of drug-likeness (QED) is 0.863. The minimum absolute atomic E-state index is 0.304. The molecule has 0 bridgehead atoms. The van der Waals surface area contributed by atoms with Gasteiger partial charge in [-0.3, -0.25) is 0 Å². The van der Waals surface area contributed by atoms with Crippen LogP contribution in [0.4, 0.5) is 0 Å². The molecule has 4 heteroatoms. The predicted molar refractivity (Wildman–Crippen MR) is 77.0 cm³/mol. The standard InChI is InChI=1S/C15H20N4/c1-11-3-5-12(6-4-11)13-9-17-15(18-13)14-10-19(2)8-7-16-14/h3-6,9,14,16H,7-8,10H2,1-2H3,(H,17,18). The van der Waals surface area contributed by atoms with Crippen LogP contribution in [0.3, 0.4) is 0 Å². The summed E-state index contributed by atoms with van der Waals surface area (Å²) in [7, 11) is 2.15. The Kier molecular flexibility index (Phi) is 3.36.